The zero-order chi connectivity index (χ0) is 19.1. The van der Waals surface area contributed by atoms with Crippen LogP contribution in [0.3, 0.4) is 0 Å². The number of allylic oxidation sites excluding steroid dienone is 1. The summed E-state index contributed by atoms with van der Waals surface area (Å²) in [6.07, 6.45) is 5.03. The first kappa shape index (κ1) is 18.9. The molecule has 1 saturated carbocycles. The van der Waals surface area contributed by atoms with Crippen LogP contribution in [0.1, 0.15) is 41.6 Å². The van der Waals surface area contributed by atoms with Crippen LogP contribution in [0.4, 0.5) is 0 Å². The van der Waals surface area contributed by atoms with Crippen molar-refractivity contribution in [2.24, 2.45) is 0 Å². The standard InChI is InChI=1S/C23H25NO3/c1-27-21(25)16-18-12-14-23(15-13-18,20-10-6-3-7-11-20)17-24-22(26)19-8-4-2-5-9-19/h2-11,16H,12-15,17H2,1H3,(H,24,26). The van der Waals surface area contributed by atoms with Crippen LogP contribution in [0.2, 0.25) is 0 Å². The number of carbonyl (C=O) groups excluding carboxylic acids is 2. The maximum atomic E-state index is 12.5. The first-order chi connectivity index (χ1) is 13.1. The molecule has 0 radical (unpaired) electrons. The molecule has 0 unspecified atom stereocenters. The Labute approximate surface area is 160 Å². The van der Waals surface area contributed by atoms with Gasteiger partial charge in [0, 0.05) is 23.6 Å². The Hall–Kier alpha value is -2.88. The molecule has 3 rings (SSSR count). The normalized spacial score (nSPS) is 19.2. The highest BCUT2D eigenvalue weighted by molar-refractivity contribution is 5.94. The quantitative estimate of drug-likeness (QED) is 0.645. The number of benzene rings is 2. The van der Waals surface area contributed by atoms with Crippen molar-refractivity contribution < 1.29 is 14.3 Å². The number of ether oxygens (including phenoxy) is 1. The van der Waals surface area contributed by atoms with Crippen molar-refractivity contribution in [2.75, 3.05) is 13.7 Å². The van der Waals surface area contributed by atoms with Gasteiger partial charge in [0.1, 0.15) is 0 Å². The summed E-state index contributed by atoms with van der Waals surface area (Å²) in [5.41, 5.74) is 2.89. The molecule has 1 amide bonds. The van der Waals surface area contributed by atoms with Crippen molar-refractivity contribution in [2.45, 2.75) is 31.1 Å². The SMILES string of the molecule is COC(=O)C=C1CCC(CNC(=O)c2ccccc2)(c2ccccc2)CC1. The number of nitrogens with one attached hydrogen (secondary N) is 1. The summed E-state index contributed by atoms with van der Waals surface area (Å²) in [4.78, 5) is 24.1. The Balaban J connectivity index is 1.76. The van der Waals surface area contributed by atoms with E-state index in [1.165, 1.54) is 12.7 Å². The predicted octanol–water partition coefficient (Wildman–Crippen LogP) is 4.03. The van der Waals surface area contributed by atoms with E-state index in [9.17, 15) is 9.59 Å². The van der Waals surface area contributed by atoms with E-state index in [1.807, 2.05) is 48.5 Å². The second-order valence-electron chi connectivity index (χ2n) is 7.02. The molecular formula is C23H25NO3. The second kappa shape index (κ2) is 8.67. The third-order valence-electron chi connectivity index (χ3n) is 5.38. The summed E-state index contributed by atoms with van der Waals surface area (Å²) < 4.78 is 4.75. The molecule has 2 aromatic rings. The molecule has 0 aliphatic heterocycles. The van der Waals surface area contributed by atoms with Gasteiger partial charge in [0.05, 0.1) is 7.11 Å². The van der Waals surface area contributed by atoms with Gasteiger partial charge in [-0.05, 0) is 43.4 Å². The molecule has 27 heavy (non-hydrogen) atoms. The van der Waals surface area contributed by atoms with Gasteiger partial charge in [-0.1, -0.05) is 54.1 Å². The lowest BCUT2D eigenvalue weighted by atomic mass is 9.68. The Bertz CT molecular complexity index is 802. The van der Waals surface area contributed by atoms with Crippen molar-refractivity contribution >= 4 is 11.9 Å². The van der Waals surface area contributed by atoms with Gasteiger partial charge in [0.25, 0.3) is 5.91 Å². The number of esters is 1. The third kappa shape index (κ3) is 4.64. The molecule has 0 spiro atoms. The van der Waals surface area contributed by atoms with E-state index in [2.05, 4.69) is 17.4 Å². The highest BCUT2D eigenvalue weighted by Crippen LogP contribution is 2.41. The zero-order valence-electron chi connectivity index (χ0n) is 15.6. The molecule has 1 aliphatic carbocycles. The van der Waals surface area contributed by atoms with Crippen LogP contribution in [-0.4, -0.2) is 25.5 Å². The lowest BCUT2D eigenvalue weighted by Crippen LogP contribution is -2.42. The Morgan fingerprint density at radius 1 is 1.00 bits per heavy atom. The fourth-order valence-electron chi connectivity index (χ4n) is 3.72. The van der Waals surface area contributed by atoms with Gasteiger partial charge in [-0.15, -0.1) is 0 Å². The van der Waals surface area contributed by atoms with Crippen LogP contribution in [0.15, 0.2) is 72.3 Å². The summed E-state index contributed by atoms with van der Waals surface area (Å²) in [5.74, 6) is -0.351. The van der Waals surface area contributed by atoms with E-state index in [-0.39, 0.29) is 17.3 Å². The van der Waals surface area contributed by atoms with Gasteiger partial charge in [-0.2, -0.15) is 0 Å². The first-order valence-electron chi connectivity index (χ1n) is 9.29. The molecule has 4 nitrogen and oxygen atoms in total. The third-order valence-corrected chi connectivity index (χ3v) is 5.38. The number of hydrogen-bond acceptors (Lipinski definition) is 3. The minimum atomic E-state index is -0.297. The fraction of sp³-hybridized carbons (Fsp3) is 0.304. The molecule has 0 bridgehead atoms. The molecule has 4 heteroatoms. The topological polar surface area (TPSA) is 55.4 Å². The maximum absolute atomic E-state index is 12.5. The minimum Gasteiger partial charge on any atom is -0.466 e. The van der Waals surface area contributed by atoms with Crippen LogP contribution in [0, 0.1) is 0 Å². The predicted molar refractivity (Wildman–Crippen MR) is 105 cm³/mol. The maximum Gasteiger partial charge on any atom is 0.330 e. The van der Waals surface area contributed by atoms with E-state index in [0.717, 1.165) is 31.3 Å². The van der Waals surface area contributed by atoms with Gasteiger partial charge in [-0.3, -0.25) is 4.79 Å². The van der Waals surface area contributed by atoms with E-state index in [4.69, 9.17) is 4.74 Å². The lowest BCUT2D eigenvalue weighted by Gasteiger charge is -2.39. The minimum absolute atomic E-state index is 0.0539. The number of hydrogen-bond donors (Lipinski definition) is 1. The van der Waals surface area contributed by atoms with Crippen molar-refractivity contribution in [1.29, 1.82) is 0 Å². The van der Waals surface area contributed by atoms with Gasteiger partial charge in [0.15, 0.2) is 0 Å². The Morgan fingerprint density at radius 3 is 2.19 bits per heavy atom. The van der Waals surface area contributed by atoms with Crippen molar-refractivity contribution in [3.05, 3.63) is 83.4 Å². The molecule has 0 atom stereocenters. The average molecular weight is 363 g/mol. The largest absolute Gasteiger partial charge is 0.466 e. The van der Waals surface area contributed by atoms with Gasteiger partial charge >= 0.3 is 5.97 Å². The molecule has 1 fully saturated rings. The molecular weight excluding hydrogens is 338 g/mol. The molecule has 0 saturated heterocycles. The molecule has 1 aliphatic rings. The summed E-state index contributed by atoms with van der Waals surface area (Å²) in [6, 6.07) is 19.6. The zero-order valence-corrected chi connectivity index (χ0v) is 15.6. The lowest BCUT2D eigenvalue weighted by molar-refractivity contribution is -0.134. The van der Waals surface area contributed by atoms with E-state index >= 15 is 0 Å². The van der Waals surface area contributed by atoms with Crippen LogP contribution in [0.25, 0.3) is 0 Å². The average Bonchev–Trinajstić information content (AvgIpc) is 2.74. The smallest absolute Gasteiger partial charge is 0.330 e. The van der Waals surface area contributed by atoms with Crippen LogP contribution < -0.4 is 5.32 Å². The van der Waals surface area contributed by atoms with E-state index < -0.39 is 0 Å². The summed E-state index contributed by atoms with van der Waals surface area (Å²) in [7, 11) is 1.40. The molecule has 140 valence electrons. The first-order valence-corrected chi connectivity index (χ1v) is 9.29. The van der Waals surface area contributed by atoms with E-state index in [0.29, 0.717) is 12.1 Å². The summed E-state index contributed by atoms with van der Waals surface area (Å²) in [5, 5.41) is 3.12. The van der Waals surface area contributed by atoms with Crippen LogP contribution >= 0.6 is 0 Å². The number of amides is 1. The molecule has 2 aromatic carbocycles. The van der Waals surface area contributed by atoms with Gasteiger partial charge in [0.2, 0.25) is 0 Å². The molecule has 1 N–H and O–H groups in total. The van der Waals surface area contributed by atoms with Crippen LogP contribution in [0.5, 0.6) is 0 Å². The number of methoxy groups -OCH3 is 1. The van der Waals surface area contributed by atoms with Gasteiger partial charge in [-0.25, -0.2) is 4.79 Å². The second-order valence-corrected chi connectivity index (χ2v) is 7.02. The molecule has 0 heterocycles. The van der Waals surface area contributed by atoms with E-state index in [1.54, 1.807) is 6.08 Å². The summed E-state index contributed by atoms with van der Waals surface area (Å²) >= 11 is 0. The van der Waals surface area contributed by atoms with Crippen LogP contribution in [-0.2, 0) is 14.9 Å². The van der Waals surface area contributed by atoms with Gasteiger partial charge < -0.3 is 10.1 Å². The number of rotatable bonds is 5. The molecule has 0 aromatic heterocycles. The Kier molecular flexibility index (Phi) is 6.07. The van der Waals surface area contributed by atoms with Crippen molar-refractivity contribution in [3.8, 4) is 0 Å². The summed E-state index contributed by atoms with van der Waals surface area (Å²) in [6.45, 7) is 0.580. The van der Waals surface area contributed by atoms with Crippen molar-refractivity contribution in [1.82, 2.24) is 5.32 Å². The highest BCUT2D eigenvalue weighted by Gasteiger charge is 2.35. The highest BCUT2D eigenvalue weighted by atomic mass is 16.5. The monoisotopic (exact) mass is 363 g/mol. The fourth-order valence-corrected chi connectivity index (χ4v) is 3.72. The number of carbonyl (C=O) groups is 2. The van der Waals surface area contributed by atoms with Crippen molar-refractivity contribution in [3.63, 3.8) is 0 Å². The Morgan fingerprint density at radius 2 is 1.59 bits per heavy atom.